The van der Waals surface area contributed by atoms with Crippen LogP contribution in [0, 0.1) is 5.92 Å². The number of likely N-dealkylation sites (tertiary alicyclic amines) is 1. The van der Waals surface area contributed by atoms with Crippen LogP contribution in [0.15, 0.2) is 78.9 Å². The summed E-state index contributed by atoms with van der Waals surface area (Å²) < 4.78 is 0. The molecule has 1 aliphatic rings. The Hall–Kier alpha value is -3.15. The summed E-state index contributed by atoms with van der Waals surface area (Å²) >= 11 is 6.04. The number of piperidine rings is 1. The summed E-state index contributed by atoms with van der Waals surface area (Å²) in [6.07, 6.45) is 3.61. The van der Waals surface area contributed by atoms with E-state index in [-0.39, 0.29) is 23.8 Å². The molecule has 1 aliphatic heterocycles. The van der Waals surface area contributed by atoms with Crippen LogP contribution < -0.4 is 5.32 Å². The van der Waals surface area contributed by atoms with Gasteiger partial charge in [0.2, 0.25) is 5.91 Å². The Bertz CT molecular complexity index is 1190. The number of amides is 2. The first-order chi connectivity index (χ1) is 19.0. The summed E-state index contributed by atoms with van der Waals surface area (Å²) in [5.41, 5.74) is 4.01. The fourth-order valence-electron chi connectivity index (χ4n) is 5.34. The first-order valence-electron chi connectivity index (χ1n) is 14.1. The average Bonchev–Trinajstić information content (AvgIpc) is 2.98. The summed E-state index contributed by atoms with van der Waals surface area (Å²) in [6, 6.07) is 25.9. The number of carbonyl (C=O) groups is 2. The van der Waals surface area contributed by atoms with Crippen LogP contribution in [0.1, 0.15) is 66.6 Å². The minimum atomic E-state index is -0.0941. The first kappa shape index (κ1) is 28.8. The minimum Gasteiger partial charge on any atom is -0.348 e. The van der Waals surface area contributed by atoms with Gasteiger partial charge in [-0.2, -0.15) is 0 Å². The molecule has 1 N–H and O–H groups in total. The van der Waals surface area contributed by atoms with Crippen LogP contribution in [-0.4, -0.2) is 40.7 Å². The second-order valence-electron chi connectivity index (χ2n) is 10.5. The van der Waals surface area contributed by atoms with Gasteiger partial charge < -0.3 is 10.2 Å². The fraction of sp³-hybridized carbons (Fsp3) is 0.394. The second-order valence-corrected chi connectivity index (χ2v) is 10.9. The molecule has 0 bridgehead atoms. The Balaban J connectivity index is 1.38. The van der Waals surface area contributed by atoms with Gasteiger partial charge in [-0.15, -0.1) is 0 Å². The molecule has 206 valence electrons. The van der Waals surface area contributed by atoms with Crippen molar-refractivity contribution < 1.29 is 9.59 Å². The highest BCUT2D eigenvalue weighted by atomic mass is 35.5. The number of nitrogens with zero attached hydrogens (tertiary/aromatic N) is 2. The zero-order chi connectivity index (χ0) is 27.6. The molecule has 4 rings (SSSR count). The van der Waals surface area contributed by atoms with Crippen LogP contribution in [-0.2, 0) is 24.4 Å². The molecule has 0 aromatic heterocycles. The number of hydrogen-bond donors (Lipinski definition) is 1. The number of carbonyl (C=O) groups excluding carboxylic acids is 2. The predicted molar refractivity (Wildman–Crippen MR) is 158 cm³/mol. The summed E-state index contributed by atoms with van der Waals surface area (Å²) in [6.45, 7) is 8.09. The van der Waals surface area contributed by atoms with Gasteiger partial charge in [0.05, 0.1) is 0 Å². The van der Waals surface area contributed by atoms with Gasteiger partial charge in [0, 0.05) is 55.3 Å². The molecule has 2 amide bonds. The monoisotopic (exact) mass is 545 g/mol. The van der Waals surface area contributed by atoms with Crippen molar-refractivity contribution >= 4 is 23.4 Å². The number of nitrogens with one attached hydrogen (secondary N) is 1. The second kappa shape index (κ2) is 14.3. The minimum absolute atomic E-state index is 0.0418. The molecule has 3 aromatic rings. The van der Waals surface area contributed by atoms with Crippen molar-refractivity contribution in [3.8, 4) is 0 Å². The maximum atomic E-state index is 13.6. The SMILES string of the molecule is CCC(CC)C(=O)N(Cc1ccc(C(=O)NCc2ccccc2)cc1)C1CCN(Cc2ccc(Cl)cc2)CC1. The largest absolute Gasteiger partial charge is 0.348 e. The Morgan fingerprint density at radius 3 is 2.10 bits per heavy atom. The predicted octanol–water partition coefficient (Wildman–Crippen LogP) is 6.70. The van der Waals surface area contributed by atoms with Crippen molar-refractivity contribution in [3.05, 3.63) is 106 Å². The molecule has 1 fully saturated rings. The van der Waals surface area contributed by atoms with Crippen LogP contribution >= 0.6 is 11.6 Å². The zero-order valence-electron chi connectivity index (χ0n) is 23.1. The van der Waals surface area contributed by atoms with E-state index in [1.54, 1.807) is 0 Å². The molecule has 0 aliphatic carbocycles. The van der Waals surface area contributed by atoms with Crippen molar-refractivity contribution in [2.45, 2.75) is 65.2 Å². The van der Waals surface area contributed by atoms with Crippen molar-refractivity contribution in [1.82, 2.24) is 15.1 Å². The maximum absolute atomic E-state index is 13.6. The molecular formula is C33H40ClN3O2. The van der Waals surface area contributed by atoms with Gasteiger partial charge >= 0.3 is 0 Å². The molecule has 1 saturated heterocycles. The third-order valence-corrected chi connectivity index (χ3v) is 8.05. The van der Waals surface area contributed by atoms with E-state index in [0.29, 0.717) is 18.7 Å². The lowest BCUT2D eigenvalue weighted by atomic mass is 9.96. The van der Waals surface area contributed by atoms with Gasteiger partial charge in [0.25, 0.3) is 5.91 Å². The van der Waals surface area contributed by atoms with E-state index in [0.717, 1.165) is 61.5 Å². The average molecular weight is 546 g/mol. The Morgan fingerprint density at radius 2 is 1.49 bits per heavy atom. The number of halogens is 1. The molecule has 0 spiro atoms. The lowest BCUT2D eigenvalue weighted by Crippen LogP contribution is -2.48. The molecular weight excluding hydrogens is 506 g/mol. The van der Waals surface area contributed by atoms with E-state index >= 15 is 0 Å². The molecule has 0 atom stereocenters. The van der Waals surface area contributed by atoms with E-state index in [2.05, 4.69) is 41.1 Å². The van der Waals surface area contributed by atoms with Crippen LogP contribution in [0.5, 0.6) is 0 Å². The van der Waals surface area contributed by atoms with Gasteiger partial charge in [-0.25, -0.2) is 0 Å². The number of benzene rings is 3. The maximum Gasteiger partial charge on any atom is 0.251 e. The van der Waals surface area contributed by atoms with Crippen molar-refractivity contribution in [3.63, 3.8) is 0 Å². The van der Waals surface area contributed by atoms with Gasteiger partial charge in [0.15, 0.2) is 0 Å². The molecule has 0 saturated carbocycles. The number of hydrogen-bond acceptors (Lipinski definition) is 3. The van der Waals surface area contributed by atoms with Crippen LogP contribution in [0.4, 0.5) is 0 Å². The summed E-state index contributed by atoms with van der Waals surface area (Å²) in [5, 5.41) is 3.74. The van der Waals surface area contributed by atoms with E-state index < -0.39 is 0 Å². The lowest BCUT2D eigenvalue weighted by Gasteiger charge is -2.40. The van der Waals surface area contributed by atoms with Gasteiger partial charge in [-0.05, 0) is 66.6 Å². The van der Waals surface area contributed by atoms with E-state index in [1.807, 2.05) is 66.7 Å². The van der Waals surface area contributed by atoms with E-state index in [4.69, 9.17) is 11.6 Å². The van der Waals surface area contributed by atoms with Gasteiger partial charge in [0.1, 0.15) is 0 Å². The highest BCUT2D eigenvalue weighted by molar-refractivity contribution is 6.30. The zero-order valence-corrected chi connectivity index (χ0v) is 23.9. The molecule has 6 heteroatoms. The van der Waals surface area contributed by atoms with Crippen molar-refractivity contribution in [2.24, 2.45) is 5.92 Å². The highest BCUT2D eigenvalue weighted by Gasteiger charge is 2.31. The Labute approximate surface area is 238 Å². The molecule has 0 radical (unpaired) electrons. The third-order valence-electron chi connectivity index (χ3n) is 7.80. The van der Waals surface area contributed by atoms with Crippen LogP contribution in [0.25, 0.3) is 0 Å². The lowest BCUT2D eigenvalue weighted by molar-refractivity contribution is -0.140. The van der Waals surface area contributed by atoms with Crippen LogP contribution in [0.2, 0.25) is 5.02 Å². The Kier molecular flexibility index (Phi) is 10.6. The first-order valence-corrected chi connectivity index (χ1v) is 14.5. The molecule has 1 heterocycles. The smallest absolute Gasteiger partial charge is 0.251 e. The van der Waals surface area contributed by atoms with Crippen molar-refractivity contribution in [2.75, 3.05) is 13.1 Å². The molecule has 3 aromatic carbocycles. The normalized spacial score (nSPS) is 14.4. The summed E-state index contributed by atoms with van der Waals surface area (Å²) in [4.78, 5) is 30.9. The van der Waals surface area contributed by atoms with E-state index in [1.165, 1.54) is 5.56 Å². The van der Waals surface area contributed by atoms with Crippen molar-refractivity contribution in [1.29, 1.82) is 0 Å². The molecule has 0 unspecified atom stereocenters. The van der Waals surface area contributed by atoms with E-state index in [9.17, 15) is 9.59 Å². The molecule has 5 nitrogen and oxygen atoms in total. The fourth-order valence-corrected chi connectivity index (χ4v) is 5.46. The topological polar surface area (TPSA) is 52.7 Å². The summed E-state index contributed by atoms with van der Waals surface area (Å²) in [5.74, 6) is 0.199. The van der Waals surface area contributed by atoms with Gasteiger partial charge in [-0.1, -0.05) is 80.0 Å². The Morgan fingerprint density at radius 1 is 0.872 bits per heavy atom. The molecule has 39 heavy (non-hydrogen) atoms. The quantitative estimate of drug-likeness (QED) is 0.292. The van der Waals surface area contributed by atoms with Gasteiger partial charge in [-0.3, -0.25) is 14.5 Å². The van der Waals surface area contributed by atoms with Crippen LogP contribution in [0.3, 0.4) is 0 Å². The standard InChI is InChI=1S/C33H40ClN3O2/c1-3-28(4-2)33(39)37(31-18-20-36(21-19-31)23-26-12-16-30(34)17-13-26)24-27-10-14-29(15-11-27)32(38)35-22-25-8-6-5-7-9-25/h5-17,28,31H,3-4,18-24H2,1-2H3,(H,35,38). The number of rotatable bonds is 11. The third kappa shape index (κ3) is 8.17. The highest BCUT2D eigenvalue weighted by Crippen LogP contribution is 2.25. The summed E-state index contributed by atoms with van der Waals surface area (Å²) in [7, 11) is 0.